The van der Waals surface area contributed by atoms with Crippen molar-refractivity contribution in [1.82, 2.24) is 5.32 Å². The van der Waals surface area contributed by atoms with Crippen LogP contribution in [0.2, 0.25) is 0 Å². The van der Waals surface area contributed by atoms with Crippen molar-refractivity contribution in [3.8, 4) is 0 Å². The molecule has 1 heterocycles. The molecule has 4 atom stereocenters. The first-order valence-corrected chi connectivity index (χ1v) is 9.63. The van der Waals surface area contributed by atoms with E-state index in [4.69, 9.17) is 9.84 Å². The van der Waals surface area contributed by atoms with E-state index in [1.807, 2.05) is 0 Å². The summed E-state index contributed by atoms with van der Waals surface area (Å²) >= 11 is 0. The topological polar surface area (TPSA) is 102 Å². The standard InChI is InChI=1S/C18H37NO5.ClH/c20-11-9-7-5-3-1-2-4-6-8-10-12-24-18-15(14-21)19-13-16(22)17(18)23;/h15-23H,1-14H2;1H/t15-,16+,17-,18-;/m1./s1. The van der Waals surface area contributed by atoms with Gasteiger partial charge in [0, 0.05) is 19.8 Å². The molecule has 0 amide bonds. The van der Waals surface area contributed by atoms with Gasteiger partial charge >= 0.3 is 0 Å². The van der Waals surface area contributed by atoms with Crippen LogP contribution >= 0.6 is 12.4 Å². The van der Waals surface area contributed by atoms with Crippen molar-refractivity contribution in [3.05, 3.63) is 0 Å². The summed E-state index contributed by atoms with van der Waals surface area (Å²) in [5, 5.41) is 40.6. The van der Waals surface area contributed by atoms with Crippen molar-refractivity contribution >= 4 is 12.4 Å². The van der Waals surface area contributed by atoms with Crippen LogP contribution in [0.5, 0.6) is 0 Å². The molecule has 0 aliphatic carbocycles. The van der Waals surface area contributed by atoms with Gasteiger partial charge in [0.15, 0.2) is 0 Å². The Balaban J connectivity index is 0.00000576. The second-order valence-electron chi connectivity index (χ2n) is 6.85. The lowest BCUT2D eigenvalue weighted by Crippen LogP contribution is -2.61. The quantitative estimate of drug-likeness (QED) is 0.290. The number of β-amino-alcohol motifs (C(OH)–C–C–N with tert-alkyl or cyclic N) is 1. The predicted molar refractivity (Wildman–Crippen MR) is 101 cm³/mol. The second-order valence-corrected chi connectivity index (χ2v) is 6.85. The Morgan fingerprint density at radius 2 is 1.32 bits per heavy atom. The number of ether oxygens (including phenoxy) is 1. The van der Waals surface area contributed by atoms with Crippen molar-refractivity contribution in [2.24, 2.45) is 0 Å². The average molecular weight is 384 g/mol. The number of rotatable bonds is 14. The van der Waals surface area contributed by atoms with Crippen LogP contribution in [-0.2, 0) is 4.74 Å². The Bertz CT molecular complexity index is 297. The Hall–Kier alpha value is 0.0500. The molecule has 0 bridgehead atoms. The normalized spacial score (nSPS) is 26.4. The smallest absolute Gasteiger partial charge is 0.109 e. The highest BCUT2D eigenvalue weighted by Crippen LogP contribution is 2.16. The highest BCUT2D eigenvalue weighted by Gasteiger charge is 2.37. The van der Waals surface area contributed by atoms with Crippen molar-refractivity contribution in [1.29, 1.82) is 0 Å². The molecule has 1 saturated heterocycles. The molecule has 0 aromatic rings. The van der Waals surface area contributed by atoms with Crippen molar-refractivity contribution in [2.75, 3.05) is 26.4 Å². The molecule has 152 valence electrons. The number of piperidine rings is 1. The SMILES string of the molecule is Cl.OCCCCCCCCCCCCO[C@H]1[C@H](O)[C@@H](O)CN[C@@H]1CO. The molecule has 6 nitrogen and oxygen atoms in total. The van der Waals surface area contributed by atoms with Crippen molar-refractivity contribution in [3.63, 3.8) is 0 Å². The maximum Gasteiger partial charge on any atom is 0.109 e. The zero-order valence-electron chi connectivity index (χ0n) is 15.3. The van der Waals surface area contributed by atoms with Gasteiger partial charge in [-0.15, -0.1) is 12.4 Å². The number of aliphatic hydroxyl groups excluding tert-OH is 4. The molecule has 5 N–H and O–H groups in total. The lowest BCUT2D eigenvalue weighted by Gasteiger charge is -2.38. The Kier molecular flexibility index (Phi) is 16.3. The molecular formula is C18H38ClNO5. The van der Waals surface area contributed by atoms with Gasteiger partial charge in [-0.2, -0.15) is 0 Å². The van der Waals surface area contributed by atoms with Crippen LogP contribution < -0.4 is 5.32 Å². The van der Waals surface area contributed by atoms with Gasteiger partial charge in [0.1, 0.15) is 12.2 Å². The minimum atomic E-state index is -0.936. The van der Waals surface area contributed by atoms with Crippen LogP contribution in [0.3, 0.4) is 0 Å². The molecule has 1 fully saturated rings. The fourth-order valence-electron chi connectivity index (χ4n) is 3.20. The van der Waals surface area contributed by atoms with Crippen molar-refractivity contribution in [2.45, 2.75) is 88.6 Å². The number of unbranched alkanes of at least 4 members (excludes halogenated alkanes) is 9. The summed E-state index contributed by atoms with van der Waals surface area (Å²) in [6.45, 7) is 1.04. The van der Waals surface area contributed by atoms with Gasteiger partial charge in [0.05, 0.1) is 18.8 Å². The first-order chi connectivity index (χ1) is 11.7. The molecule has 0 aromatic heterocycles. The van der Waals surface area contributed by atoms with Crippen LogP contribution in [0, 0.1) is 0 Å². The highest BCUT2D eigenvalue weighted by atomic mass is 35.5. The van der Waals surface area contributed by atoms with Crippen LogP contribution in [0.4, 0.5) is 0 Å². The van der Waals surface area contributed by atoms with E-state index >= 15 is 0 Å². The lowest BCUT2D eigenvalue weighted by atomic mass is 9.96. The number of aliphatic hydroxyl groups is 4. The molecule has 1 aliphatic rings. The van der Waals surface area contributed by atoms with Gasteiger partial charge in [0.2, 0.25) is 0 Å². The molecule has 0 spiro atoms. The van der Waals surface area contributed by atoms with Gasteiger partial charge in [0.25, 0.3) is 0 Å². The maximum atomic E-state index is 9.98. The summed E-state index contributed by atoms with van der Waals surface area (Å²) in [6, 6.07) is -0.311. The maximum absolute atomic E-state index is 9.98. The Morgan fingerprint density at radius 3 is 1.84 bits per heavy atom. The van der Waals surface area contributed by atoms with E-state index in [-0.39, 0.29) is 31.6 Å². The van der Waals surface area contributed by atoms with Crippen LogP contribution in [0.25, 0.3) is 0 Å². The summed E-state index contributed by atoms with van der Waals surface area (Å²) in [4.78, 5) is 0. The number of hydrogen-bond acceptors (Lipinski definition) is 6. The fraction of sp³-hybridized carbons (Fsp3) is 1.00. The predicted octanol–water partition coefficient (Wildman–Crippen LogP) is 1.37. The van der Waals surface area contributed by atoms with E-state index in [0.29, 0.717) is 13.2 Å². The minimum absolute atomic E-state index is 0. The monoisotopic (exact) mass is 383 g/mol. The largest absolute Gasteiger partial charge is 0.396 e. The van der Waals surface area contributed by atoms with Gasteiger partial charge < -0.3 is 30.5 Å². The number of nitrogens with one attached hydrogen (secondary N) is 1. The molecule has 1 aliphatic heterocycles. The third kappa shape index (κ3) is 10.7. The molecule has 0 radical (unpaired) electrons. The zero-order chi connectivity index (χ0) is 17.6. The highest BCUT2D eigenvalue weighted by molar-refractivity contribution is 5.85. The molecule has 0 aromatic carbocycles. The van der Waals surface area contributed by atoms with Crippen LogP contribution in [0.1, 0.15) is 64.2 Å². The Labute approximate surface area is 158 Å². The molecule has 0 unspecified atom stereocenters. The van der Waals surface area contributed by atoms with Gasteiger partial charge in [-0.25, -0.2) is 0 Å². The summed E-state index contributed by atoms with van der Waals surface area (Å²) < 4.78 is 5.70. The molecule has 0 saturated carbocycles. The van der Waals surface area contributed by atoms with E-state index < -0.39 is 18.3 Å². The Morgan fingerprint density at radius 1 is 0.800 bits per heavy atom. The fourth-order valence-corrected chi connectivity index (χ4v) is 3.20. The average Bonchev–Trinajstić information content (AvgIpc) is 2.59. The summed E-state index contributed by atoms with van der Waals surface area (Å²) in [7, 11) is 0. The van der Waals surface area contributed by atoms with Crippen LogP contribution in [-0.4, -0.2) is 71.1 Å². The summed E-state index contributed by atoms with van der Waals surface area (Å²) in [5.41, 5.74) is 0. The molecule has 25 heavy (non-hydrogen) atoms. The number of halogens is 1. The minimum Gasteiger partial charge on any atom is -0.396 e. The van der Waals surface area contributed by atoms with E-state index in [0.717, 1.165) is 25.7 Å². The third-order valence-corrected chi connectivity index (χ3v) is 4.78. The number of hydrogen-bond donors (Lipinski definition) is 5. The second kappa shape index (κ2) is 16.2. The van der Waals surface area contributed by atoms with Crippen LogP contribution in [0.15, 0.2) is 0 Å². The van der Waals surface area contributed by atoms with E-state index in [1.165, 1.54) is 38.5 Å². The first-order valence-electron chi connectivity index (χ1n) is 9.63. The molecule has 7 heteroatoms. The molecule has 1 rings (SSSR count). The van der Waals surface area contributed by atoms with E-state index in [2.05, 4.69) is 5.32 Å². The first kappa shape index (κ1) is 25.1. The van der Waals surface area contributed by atoms with Crippen molar-refractivity contribution < 1.29 is 25.2 Å². The van der Waals surface area contributed by atoms with E-state index in [9.17, 15) is 15.3 Å². The molecular weight excluding hydrogens is 346 g/mol. The van der Waals surface area contributed by atoms with Gasteiger partial charge in [-0.1, -0.05) is 51.4 Å². The third-order valence-electron chi connectivity index (χ3n) is 4.78. The van der Waals surface area contributed by atoms with E-state index in [1.54, 1.807) is 0 Å². The lowest BCUT2D eigenvalue weighted by molar-refractivity contribution is -0.129. The zero-order valence-corrected chi connectivity index (χ0v) is 16.1. The van der Waals surface area contributed by atoms with Gasteiger partial charge in [-0.3, -0.25) is 0 Å². The summed E-state index contributed by atoms with van der Waals surface area (Å²) in [5.74, 6) is 0. The summed E-state index contributed by atoms with van der Waals surface area (Å²) in [6.07, 6.45) is 9.26. The van der Waals surface area contributed by atoms with Gasteiger partial charge in [-0.05, 0) is 12.8 Å².